The molecule has 4 nitrogen and oxygen atoms in total. The zero-order valence-corrected chi connectivity index (χ0v) is 34.4. The number of nitrogens with one attached hydrogen (secondary N) is 1. The summed E-state index contributed by atoms with van der Waals surface area (Å²) in [7, 11) is 0. The van der Waals surface area contributed by atoms with Gasteiger partial charge in [0.15, 0.2) is 0 Å². The molecule has 0 saturated heterocycles. The molecule has 2 atom stereocenters. The molecule has 300 valence electrons. The Labute approximate surface area is 319 Å². The van der Waals surface area contributed by atoms with Gasteiger partial charge in [-0.2, -0.15) is 0 Å². The molecule has 0 aromatic rings. The molecule has 51 heavy (non-hydrogen) atoms. The minimum absolute atomic E-state index is 0.0474. The molecule has 4 heteroatoms. The minimum atomic E-state index is -0.667. The van der Waals surface area contributed by atoms with E-state index < -0.39 is 12.1 Å². The maximum absolute atomic E-state index is 12.4. The number of amides is 1. The average Bonchev–Trinajstić information content (AvgIpc) is 3.13. The highest BCUT2D eigenvalue weighted by molar-refractivity contribution is 5.76. The highest BCUT2D eigenvalue weighted by Gasteiger charge is 2.20. The summed E-state index contributed by atoms with van der Waals surface area (Å²) >= 11 is 0. The Morgan fingerprint density at radius 1 is 0.490 bits per heavy atom. The fourth-order valence-corrected chi connectivity index (χ4v) is 6.96. The van der Waals surface area contributed by atoms with Crippen molar-refractivity contribution in [1.29, 1.82) is 0 Å². The quantitative estimate of drug-likeness (QED) is 0.0436. The third-order valence-electron chi connectivity index (χ3n) is 10.4. The number of hydrogen-bond donors (Lipinski definition) is 3. The van der Waals surface area contributed by atoms with Crippen LogP contribution in [0.1, 0.15) is 239 Å². The summed E-state index contributed by atoms with van der Waals surface area (Å²) in [6, 6.07) is -0.545. The van der Waals surface area contributed by atoms with Crippen LogP contribution in [0.2, 0.25) is 0 Å². The second-order valence-corrected chi connectivity index (χ2v) is 15.4. The molecule has 0 aliphatic heterocycles. The number of rotatable bonds is 41. The zero-order chi connectivity index (χ0) is 37.1. The number of aliphatic hydroxyl groups is 2. The van der Waals surface area contributed by atoms with Gasteiger partial charge < -0.3 is 15.5 Å². The van der Waals surface area contributed by atoms with Crippen LogP contribution >= 0.6 is 0 Å². The SMILES string of the molecule is CC/C=C\C/C=C\C/C=C\CCCCCCCC(=O)NC(CO)C(O)CCCCCCCCCCCCCCCCCCCCCCCCCC. The van der Waals surface area contributed by atoms with Crippen LogP contribution < -0.4 is 5.32 Å². The van der Waals surface area contributed by atoms with Crippen LogP contribution in [0, 0.1) is 0 Å². The molecule has 0 fully saturated rings. The van der Waals surface area contributed by atoms with Gasteiger partial charge >= 0.3 is 0 Å². The van der Waals surface area contributed by atoms with Crippen LogP contribution in [0.3, 0.4) is 0 Å². The molecule has 1 amide bonds. The summed E-state index contributed by atoms with van der Waals surface area (Å²) in [6.07, 6.45) is 56.6. The molecule has 0 aliphatic carbocycles. The summed E-state index contributed by atoms with van der Waals surface area (Å²) in [5.41, 5.74) is 0. The van der Waals surface area contributed by atoms with Gasteiger partial charge in [0.05, 0.1) is 18.8 Å². The van der Waals surface area contributed by atoms with Crippen LogP contribution in [0.4, 0.5) is 0 Å². The normalized spacial score (nSPS) is 13.3. The van der Waals surface area contributed by atoms with Gasteiger partial charge in [-0.15, -0.1) is 0 Å². The minimum Gasteiger partial charge on any atom is -0.394 e. The highest BCUT2D eigenvalue weighted by Crippen LogP contribution is 2.16. The first-order chi connectivity index (χ1) is 25.2. The molecular weight excluding hydrogens is 627 g/mol. The van der Waals surface area contributed by atoms with E-state index in [1.165, 1.54) is 154 Å². The van der Waals surface area contributed by atoms with E-state index in [0.29, 0.717) is 12.8 Å². The molecule has 3 N–H and O–H groups in total. The maximum Gasteiger partial charge on any atom is 0.220 e. The first-order valence-corrected chi connectivity index (χ1v) is 22.7. The largest absolute Gasteiger partial charge is 0.394 e. The van der Waals surface area contributed by atoms with Crippen molar-refractivity contribution in [3.63, 3.8) is 0 Å². The van der Waals surface area contributed by atoms with E-state index in [-0.39, 0.29) is 12.5 Å². The molecule has 0 rings (SSSR count). The molecule has 0 heterocycles. The Morgan fingerprint density at radius 2 is 0.863 bits per heavy atom. The third-order valence-corrected chi connectivity index (χ3v) is 10.4. The van der Waals surface area contributed by atoms with Crippen molar-refractivity contribution in [2.75, 3.05) is 6.61 Å². The van der Waals surface area contributed by atoms with Crippen molar-refractivity contribution in [2.45, 2.75) is 251 Å². The van der Waals surface area contributed by atoms with Crippen molar-refractivity contribution in [3.8, 4) is 0 Å². The Balaban J connectivity index is 3.49. The van der Waals surface area contributed by atoms with E-state index in [1.807, 2.05) is 0 Å². The number of aliphatic hydroxyl groups excluding tert-OH is 2. The van der Waals surface area contributed by atoms with Crippen LogP contribution in [0.5, 0.6) is 0 Å². The zero-order valence-electron chi connectivity index (χ0n) is 34.4. The second-order valence-electron chi connectivity index (χ2n) is 15.4. The highest BCUT2D eigenvalue weighted by atomic mass is 16.3. The molecule has 0 spiro atoms. The molecule has 0 aromatic heterocycles. The monoisotopic (exact) mass is 716 g/mol. The topological polar surface area (TPSA) is 69.6 Å². The molecule has 2 unspecified atom stereocenters. The van der Waals surface area contributed by atoms with Crippen molar-refractivity contribution in [2.24, 2.45) is 0 Å². The van der Waals surface area contributed by atoms with Crippen molar-refractivity contribution >= 4 is 5.91 Å². The number of unbranched alkanes of at least 4 members (excludes halogenated alkanes) is 28. The third kappa shape index (κ3) is 39.6. The molecule has 0 aromatic carbocycles. The fourth-order valence-electron chi connectivity index (χ4n) is 6.96. The van der Waals surface area contributed by atoms with E-state index >= 15 is 0 Å². The Morgan fingerprint density at radius 3 is 1.29 bits per heavy atom. The van der Waals surface area contributed by atoms with Gasteiger partial charge in [-0.25, -0.2) is 0 Å². The lowest BCUT2D eigenvalue weighted by atomic mass is 10.0. The second kappa shape index (κ2) is 43.0. The molecular formula is C47H89NO3. The first-order valence-electron chi connectivity index (χ1n) is 22.7. The fraction of sp³-hybridized carbons (Fsp3) is 0.851. The summed E-state index contributed by atoms with van der Waals surface area (Å²) in [5, 5.41) is 23.2. The Bertz CT molecular complexity index is 775. The van der Waals surface area contributed by atoms with Gasteiger partial charge in [-0.05, 0) is 44.9 Å². The number of hydrogen-bond acceptors (Lipinski definition) is 3. The standard InChI is InChI=1S/C47H89NO3/c1-3-5-7-9-11-13-15-17-19-20-21-22-23-24-25-26-27-29-30-32-34-36-38-40-42-46(50)45(44-49)48-47(51)43-41-39-37-35-33-31-28-18-16-14-12-10-8-6-4-2/h6,8,12,14,18,28,45-46,49-50H,3-5,7,9-11,13,15-17,19-27,29-44H2,1-2H3,(H,48,51)/b8-6-,14-12-,28-18-. The van der Waals surface area contributed by atoms with Gasteiger partial charge in [0.25, 0.3) is 0 Å². The summed E-state index contributed by atoms with van der Waals surface area (Å²) < 4.78 is 0. The van der Waals surface area contributed by atoms with Crippen LogP contribution in [0.25, 0.3) is 0 Å². The maximum atomic E-state index is 12.4. The van der Waals surface area contributed by atoms with Crippen LogP contribution in [0.15, 0.2) is 36.5 Å². The molecule has 0 aliphatic rings. The molecule has 0 saturated carbocycles. The lowest BCUT2D eigenvalue weighted by Gasteiger charge is -2.22. The number of allylic oxidation sites excluding steroid dienone is 6. The van der Waals surface area contributed by atoms with E-state index in [2.05, 4.69) is 55.6 Å². The van der Waals surface area contributed by atoms with Crippen molar-refractivity contribution in [1.82, 2.24) is 5.32 Å². The average molecular weight is 716 g/mol. The summed E-state index contributed by atoms with van der Waals surface area (Å²) in [4.78, 5) is 12.4. The van der Waals surface area contributed by atoms with E-state index in [9.17, 15) is 15.0 Å². The summed E-state index contributed by atoms with van der Waals surface area (Å²) in [5.74, 6) is -0.0474. The first kappa shape index (κ1) is 49.6. The predicted molar refractivity (Wildman–Crippen MR) is 225 cm³/mol. The van der Waals surface area contributed by atoms with Crippen molar-refractivity contribution in [3.05, 3.63) is 36.5 Å². The lowest BCUT2D eigenvalue weighted by molar-refractivity contribution is -0.123. The Kier molecular flexibility index (Phi) is 41.8. The van der Waals surface area contributed by atoms with Crippen molar-refractivity contribution < 1.29 is 15.0 Å². The number of carbonyl (C=O) groups excluding carboxylic acids is 1. The smallest absolute Gasteiger partial charge is 0.220 e. The Hall–Kier alpha value is -1.39. The van der Waals surface area contributed by atoms with Gasteiger partial charge in [-0.1, -0.05) is 224 Å². The summed E-state index contributed by atoms with van der Waals surface area (Å²) in [6.45, 7) is 4.25. The van der Waals surface area contributed by atoms with Crippen LogP contribution in [-0.2, 0) is 4.79 Å². The van der Waals surface area contributed by atoms with Gasteiger partial charge in [0.1, 0.15) is 0 Å². The molecule has 0 radical (unpaired) electrons. The predicted octanol–water partition coefficient (Wildman–Crippen LogP) is 14.2. The van der Waals surface area contributed by atoms with Gasteiger partial charge in [0, 0.05) is 6.42 Å². The van der Waals surface area contributed by atoms with Crippen LogP contribution in [-0.4, -0.2) is 34.9 Å². The van der Waals surface area contributed by atoms with Gasteiger partial charge in [-0.3, -0.25) is 4.79 Å². The van der Waals surface area contributed by atoms with E-state index in [4.69, 9.17) is 0 Å². The number of carbonyl (C=O) groups is 1. The molecule has 0 bridgehead atoms. The van der Waals surface area contributed by atoms with Gasteiger partial charge in [0.2, 0.25) is 5.91 Å². The lowest BCUT2D eigenvalue weighted by Crippen LogP contribution is -2.45. The van der Waals surface area contributed by atoms with E-state index in [0.717, 1.165) is 57.8 Å². The van der Waals surface area contributed by atoms with E-state index in [1.54, 1.807) is 0 Å².